The quantitative estimate of drug-likeness (QED) is 0.146. The second-order valence-corrected chi connectivity index (χ2v) is 9.96. The molecule has 0 aliphatic heterocycles. The van der Waals surface area contributed by atoms with Crippen molar-refractivity contribution in [3.63, 3.8) is 0 Å². The molecule has 0 amide bonds. The Morgan fingerprint density at radius 3 is 0.349 bits per heavy atom. The van der Waals surface area contributed by atoms with E-state index in [0.717, 1.165) is 0 Å². The highest BCUT2D eigenvalue weighted by molar-refractivity contribution is 5.01. The minimum Gasteiger partial charge on any atom is -0.0654 e. The van der Waals surface area contributed by atoms with Gasteiger partial charge in [0.2, 0.25) is 0 Å². The van der Waals surface area contributed by atoms with Crippen LogP contribution in [-0.2, 0) is 0 Å². The van der Waals surface area contributed by atoms with Crippen LogP contribution in [0.15, 0.2) is 182 Å². The maximum absolute atomic E-state index is 2.28. The summed E-state index contributed by atoms with van der Waals surface area (Å²) in [5.74, 6) is 0. The van der Waals surface area contributed by atoms with Gasteiger partial charge < -0.3 is 0 Å². The van der Waals surface area contributed by atoms with Gasteiger partial charge in [0.1, 0.15) is 0 Å². The fraction of sp³-hybridized carbons (Fsp3) is 0.302. The topological polar surface area (TPSA) is 0 Å². The van der Waals surface area contributed by atoms with E-state index < -0.39 is 0 Å². The fourth-order valence-corrected chi connectivity index (χ4v) is 3.66. The van der Waals surface area contributed by atoms with Crippen LogP contribution in [-0.4, -0.2) is 0 Å². The summed E-state index contributed by atoms with van der Waals surface area (Å²) in [4.78, 5) is 0. The smallest absolute Gasteiger partial charge is 0.0533 e. The molecule has 230 valence electrons. The van der Waals surface area contributed by atoms with Gasteiger partial charge in [-0.2, -0.15) is 0 Å². The lowest BCUT2D eigenvalue weighted by Crippen LogP contribution is -1.80. The van der Waals surface area contributed by atoms with Crippen molar-refractivity contribution in [3.8, 4) is 0 Å². The van der Waals surface area contributed by atoms with Gasteiger partial charge >= 0.3 is 0 Å². The van der Waals surface area contributed by atoms with Gasteiger partial charge in [-0.15, -0.1) is 0 Å². The molecule has 0 unspecified atom stereocenters. The summed E-state index contributed by atoms with van der Waals surface area (Å²) in [5.41, 5.74) is 0. The number of hydrogen-bond acceptors (Lipinski definition) is 0. The molecule has 0 fully saturated rings. The first-order valence-electron chi connectivity index (χ1n) is 16.4. The van der Waals surface area contributed by atoms with E-state index in [1.165, 1.54) is 70.6 Å². The maximum Gasteiger partial charge on any atom is -0.0533 e. The third-order valence-corrected chi connectivity index (χ3v) is 6.04. The summed E-state index contributed by atoms with van der Waals surface area (Å²) >= 11 is 0. The molecular formula is C43H58. The highest BCUT2D eigenvalue weighted by Crippen LogP contribution is 2.10. The Hall–Kier alpha value is -3.90. The standard InChI is InChI=1S/C13H28.5C6H6/c1-3-5-7-9-11-13-12-10-8-6-4-2;5*1-2-4-6-5-3-1/h3-13H2,1-2H3;5*1-6H. The molecule has 0 saturated carbocycles. The van der Waals surface area contributed by atoms with E-state index in [1.807, 2.05) is 182 Å². The second-order valence-electron chi connectivity index (χ2n) is 9.96. The van der Waals surface area contributed by atoms with E-state index in [1.54, 1.807) is 0 Å². The lowest BCUT2D eigenvalue weighted by molar-refractivity contribution is 0.554. The summed E-state index contributed by atoms with van der Waals surface area (Å²) < 4.78 is 0. The molecule has 0 atom stereocenters. The highest BCUT2D eigenvalue weighted by atomic mass is 14.0. The van der Waals surface area contributed by atoms with Crippen molar-refractivity contribution in [2.75, 3.05) is 0 Å². The van der Waals surface area contributed by atoms with E-state index in [2.05, 4.69) is 13.8 Å². The Morgan fingerprint density at radius 1 is 0.163 bits per heavy atom. The Labute approximate surface area is 265 Å². The molecular weight excluding hydrogens is 516 g/mol. The van der Waals surface area contributed by atoms with Crippen LogP contribution >= 0.6 is 0 Å². The molecule has 0 aromatic heterocycles. The first-order chi connectivity index (χ1) is 21.4. The molecule has 0 spiro atoms. The molecule has 5 rings (SSSR count). The lowest BCUT2D eigenvalue weighted by Gasteiger charge is -2.00. The molecule has 0 N–H and O–H groups in total. The molecule has 5 aromatic rings. The SMILES string of the molecule is CCCCCCCCCCCCC.c1ccccc1.c1ccccc1.c1ccccc1.c1ccccc1.c1ccccc1. The summed E-state index contributed by atoms with van der Waals surface area (Å²) in [5, 5.41) is 0. The highest BCUT2D eigenvalue weighted by Gasteiger charge is 1.91. The van der Waals surface area contributed by atoms with Crippen LogP contribution < -0.4 is 0 Å². The third-order valence-electron chi connectivity index (χ3n) is 6.04. The zero-order valence-corrected chi connectivity index (χ0v) is 27.1. The summed E-state index contributed by atoms with van der Waals surface area (Å²) in [6, 6.07) is 60.0. The minimum atomic E-state index is 1.37. The van der Waals surface area contributed by atoms with E-state index in [4.69, 9.17) is 0 Å². The van der Waals surface area contributed by atoms with Gasteiger partial charge in [0.05, 0.1) is 0 Å². The van der Waals surface area contributed by atoms with Gasteiger partial charge in [0.25, 0.3) is 0 Å². The molecule has 0 heteroatoms. The van der Waals surface area contributed by atoms with Crippen LogP contribution in [0.4, 0.5) is 0 Å². The molecule has 43 heavy (non-hydrogen) atoms. The number of unbranched alkanes of at least 4 members (excludes halogenated alkanes) is 10. The molecule has 0 heterocycles. The predicted molar refractivity (Wildman–Crippen MR) is 194 cm³/mol. The summed E-state index contributed by atoms with van der Waals surface area (Å²) in [7, 11) is 0. The summed E-state index contributed by atoms with van der Waals surface area (Å²) in [6.07, 6.45) is 15.9. The van der Waals surface area contributed by atoms with E-state index >= 15 is 0 Å². The average molecular weight is 575 g/mol. The van der Waals surface area contributed by atoms with Gasteiger partial charge in [-0.3, -0.25) is 0 Å². The molecule has 0 bridgehead atoms. The Balaban J connectivity index is 0.000000509. The van der Waals surface area contributed by atoms with Crippen LogP contribution in [0.25, 0.3) is 0 Å². The zero-order valence-electron chi connectivity index (χ0n) is 27.1. The van der Waals surface area contributed by atoms with Crippen molar-refractivity contribution in [1.82, 2.24) is 0 Å². The zero-order chi connectivity index (χ0) is 31.0. The normalized spacial score (nSPS) is 8.79. The van der Waals surface area contributed by atoms with Crippen LogP contribution in [0.2, 0.25) is 0 Å². The van der Waals surface area contributed by atoms with Crippen LogP contribution in [0, 0.1) is 0 Å². The molecule has 0 aliphatic carbocycles. The number of rotatable bonds is 10. The van der Waals surface area contributed by atoms with E-state index in [-0.39, 0.29) is 0 Å². The monoisotopic (exact) mass is 574 g/mol. The van der Waals surface area contributed by atoms with Crippen LogP contribution in [0.3, 0.4) is 0 Å². The molecule has 5 aromatic carbocycles. The molecule has 0 nitrogen and oxygen atoms in total. The number of hydrogen-bond donors (Lipinski definition) is 0. The Kier molecular flexibility index (Phi) is 34.6. The van der Waals surface area contributed by atoms with E-state index in [0.29, 0.717) is 0 Å². The van der Waals surface area contributed by atoms with E-state index in [9.17, 15) is 0 Å². The van der Waals surface area contributed by atoms with Gasteiger partial charge in [0.15, 0.2) is 0 Å². The van der Waals surface area contributed by atoms with Gasteiger partial charge in [-0.25, -0.2) is 0 Å². The molecule has 0 radical (unpaired) electrons. The number of benzene rings is 5. The molecule has 0 saturated heterocycles. The maximum atomic E-state index is 2.28. The summed E-state index contributed by atoms with van der Waals surface area (Å²) in [6.45, 7) is 4.56. The van der Waals surface area contributed by atoms with Gasteiger partial charge in [-0.05, 0) is 0 Å². The molecule has 0 aliphatic rings. The largest absolute Gasteiger partial charge is 0.0654 e. The third kappa shape index (κ3) is 38.1. The average Bonchev–Trinajstić information content (AvgIpc) is 3.13. The van der Waals surface area contributed by atoms with Crippen molar-refractivity contribution in [2.24, 2.45) is 0 Å². The Bertz CT molecular complexity index is 705. The Morgan fingerprint density at radius 2 is 0.256 bits per heavy atom. The van der Waals surface area contributed by atoms with Crippen molar-refractivity contribution < 1.29 is 0 Å². The lowest BCUT2D eigenvalue weighted by atomic mass is 10.1. The minimum absolute atomic E-state index is 1.37. The second kappa shape index (κ2) is 38.1. The van der Waals surface area contributed by atoms with Gasteiger partial charge in [0, 0.05) is 0 Å². The predicted octanol–water partition coefficient (Wildman–Crippen LogP) is 13.8. The van der Waals surface area contributed by atoms with Crippen molar-refractivity contribution in [3.05, 3.63) is 182 Å². The van der Waals surface area contributed by atoms with Crippen molar-refractivity contribution in [2.45, 2.75) is 84.5 Å². The first kappa shape index (κ1) is 39.1. The van der Waals surface area contributed by atoms with Gasteiger partial charge in [-0.1, -0.05) is 266 Å². The van der Waals surface area contributed by atoms with Crippen molar-refractivity contribution >= 4 is 0 Å². The fourth-order valence-electron chi connectivity index (χ4n) is 3.66. The van der Waals surface area contributed by atoms with Crippen LogP contribution in [0.5, 0.6) is 0 Å². The first-order valence-corrected chi connectivity index (χ1v) is 16.4. The van der Waals surface area contributed by atoms with Crippen molar-refractivity contribution in [1.29, 1.82) is 0 Å². The van der Waals surface area contributed by atoms with Crippen LogP contribution in [0.1, 0.15) is 84.5 Å².